The Kier molecular flexibility index (Phi) is 7.48. The molecule has 0 aromatic heterocycles. The van der Waals surface area contributed by atoms with Crippen LogP contribution >= 0.6 is 0 Å². The molecule has 0 radical (unpaired) electrons. The third-order valence-electron chi connectivity index (χ3n) is 5.59. The predicted molar refractivity (Wildman–Crippen MR) is 115 cm³/mol. The highest BCUT2D eigenvalue weighted by molar-refractivity contribution is 5.96. The average molecular weight is 463 g/mol. The van der Waals surface area contributed by atoms with Crippen molar-refractivity contribution in [2.45, 2.75) is 44.1 Å². The number of halogens is 1. The molecular formula is C21H26FN5O6. The van der Waals surface area contributed by atoms with Crippen molar-refractivity contribution >= 4 is 23.8 Å². The summed E-state index contributed by atoms with van der Waals surface area (Å²) in [5.74, 6) is -2.92. The Bertz CT molecular complexity index is 980. The number of aliphatic carboxylic acids is 2. The molecule has 11 nitrogen and oxygen atoms in total. The highest BCUT2D eigenvalue weighted by Gasteiger charge is 2.29. The van der Waals surface area contributed by atoms with Crippen LogP contribution in [0.2, 0.25) is 0 Å². The lowest BCUT2D eigenvalue weighted by Gasteiger charge is -2.32. The van der Waals surface area contributed by atoms with E-state index in [1.165, 1.54) is 12.1 Å². The Balaban J connectivity index is 1.52. The van der Waals surface area contributed by atoms with E-state index < -0.39 is 42.7 Å². The number of aliphatic imine (C=N–C) groups is 1. The summed E-state index contributed by atoms with van der Waals surface area (Å²) in [5.41, 5.74) is 7.52. The second kappa shape index (κ2) is 10.3. The molecule has 1 amide bonds. The van der Waals surface area contributed by atoms with Gasteiger partial charge in [-0.15, -0.1) is 0 Å². The average Bonchev–Trinajstić information content (AvgIpc) is 2.77. The molecule has 178 valence electrons. The third-order valence-corrected chi connectivity index (χ3v) is 5.59. The number of carbonyl (C=O) groups is 3. The van der Waals surface area contributed by atoms with Gasteiger partial charge in [0.05, 0.1) is 0 Å². The van der Waals surface area contributed by atoms with Crippen LogP contribution in [0.1, 0.15) is 35.2 Å². The van der Waals surface area contributed by atoms with Crippen LogP contribution in [-0.4, -0.2) is 64.1 Å². The number of nitrogens with one attached hydrogen (secondary N) is 3. The largest absolute Gasteiger partial charge is 0.480 e. The lowest BCUT2D eigenvalue weighted by atomic mass is 9.89. The fraction of sp³-hybridized carbons (Fsp3) is 0.429. The number of nitrogens with zero attached hydrogens (tertiary/aromatic N) is 1. The molecule has 2 aliphatic rings. The van der Waals surface area contributed by atoms with Gasteiger partial charge in [0.15, 0.2) is 18.4 Å². The number of hydrogen-bond acceptors (Lipinski definition) is 8. The number of hydrogen-bond donors (Lipinski definition) is 7. The number of alkyl halides is 1. The SMILES string of the molecule is NC1=NC(O)C2=C(NCC(CCc3ccc(C(=O)N[C@@H](C[C@@H](F)C(=O)O)C(=O)O)cc3)C2)N1. The third kappa shape index (κ3) is 6.19. The molecule has 0 aliphatic carbocycles. The summed E-state index contributed by atoms with van der Waals surface area (Å²) in [6.07, 6.45) is -2.04. The molecule has 0 bridgehead atoms. The molecule has 0 spiro atoms. The van der Waals surface area contributed by atoms with Gasteiger partial charge in [-0.1, -0.05) is 12.1 Å². The standard InChI is InChI=1S/C21H26FN5O6/c22-14(19(30)31)8-15(20(32)33)25-17(28)12-5-3-10(4-6-12)1-2-11-7-13-16(24-9-11)26-21(23)27-18(13)29/h3-6,11,14-15,18,24,29H,1-2,7-9H2,(H,25,28)(H,30,31)(H,32,33)(H3,23,26,27)/t11?,14-,15+,18?/m1/s1. The zero-order chi connectivity index (χ0) is 24.1. The van der Waals surface area contributed by atoms with Gasteiger partial charge in [-0.2, -0.15) is 0 Å². The van der Waals surface area contributed by atoms with E-state index in [9.17, 15) is 23.9 Å². The van der Waals surface area contributed by atoms with E-state index in [0.29, 0.717) is 25.2 Å². The molecule has 0 fully saturated rings. The van der Waals surface area contributed by atoms with Crippen LogP contribution in [0.25, 0.3) is 0 Å². The smallest absolute Gasteiger partial charge is 0.338 e. The summed E-state index contributed by atoms with van der Waals surface area (Å²) < 4.78 is 13.4. The summed E-state index contributed by atoms with van der Waals surface area (Å²) in [6.45, 7) is 0.703. The molecule has 0 saturated carbocycles. The van der Waals surface area contributed by atoms with Crippen molar-refractivity contribution in [1.82, 2.24) is 16.0 Å². The number of aliphatic hydroxyl groups is 1. The second-order valence-corrected chi connectivity index (χ2v) is 8.01. The quantitative estimate of drug-likeness (QED) is 0.257. The number of carboxylic acids is 2. The van der Waals surface area contributed by atoms with Crippen molar-refractivity contribution in [2.24, 2.45) is 16.6 Å². The van der Waals surface area contributed by atoms with Gasteiger partial charge in [-0.25, -0.2) is 19.0 Å². The minimum Gasteiger partial charge on any atom is -0.480 e. The first-order chi connectivity index (χ1) is 15.6. The number of aryl methyl sites for hydroxylation is 1. The molecule has 0 saturated heterocycles. The van der Waals surface area contributed by atoms with Crippen molar-refractivity contribution in [3.05, 3.63) is 46.8 Å². The Labute approximate surface area is 188 Å². The molecule has 33 heavy (non-hydrogen) atoms. The molecule has 2 heterocycles. The Morgan fingerprint density at radius 1 is 1.21 bits per heavy atom. The molecule has 3 rings (SSSR count). The van der Waals surface area contributed by atoms with Crippen molar-refractivity contribution < 1.29 is 34.1 Å². The normalized spacial score (nSPS) is 21.6. The molecule has 2 aliphatic heterocycles. The lowest BCUT2D eigenvalue weighted by molar-refractivity contribution is -0.145. The van der Waals surface area contributed by atoms with E-state index in [2.05, 4.69) is 20.9 Å². The zero-order valence-electron chi connectivity index (χ0n) is 17.6. The van der Waals surface area contributed by atoms with E-state index in [0.717, 1.165) is 17.6 Å². The van der Waals surface area contributed by atoms with Crippen LogP contribution in [0.15, 0.2) is 40.7 Å². The molecule has 12 heteroatoms. The number of nitrogens with two attached hydrogens (primary N) is 1. The van der Waals surface area contributed by atoms with Crippen molar-refractivity contribution in [1.29, 1.82) is 0 Å². The van der Waals surface area contributed by atoms with E-state index in [-0.39, 0.29) is 17.4 Å². The lowest BCUT2D eigenvalue weighted by Crippen LogP contribution is -2.47. The van der Waals surface area contributed by atoms with Gasteiger partial charge in [-0.05, 0) is 42.9 Å². The number of guanidine groups is 1. The molecule has 2 unspecified atom stereocenters. The van der Waals surface area contributed by atoms with Gasteiger partial charge in [-0.3, -0.25) is 4.79 Å². The molecule has 1 aromatic carbocycles. The van der Waals surface area contributed by atoms with Crippen LogP contribution < -0.4 is 21.7 Å². The first-order valence-electron chi connectivity index (χ1n) is 10.4. The molecule has 4 atom stereocenters. The summed E-state index contributed by atoms with van der Waals surface area (Å²) in [6, 6.07) is 4.87. The highest BCUT2D eigenvalue weighted by atomic mass is 19.1. The fourth-order valence-corrected chi connectivity index (χ4v) is 3.74. The van der Waals surface area contributed by atoms with E-state index in [1.54, 1.807) is 12.1 Å². The van der Waals surface area contributed by atoms with Gasteiger partial charge >= 0.3 is 11.9 Å². The maximum Gasteiger partial charge on any atom is 0.338 e. The highest BCUT2D eigenvalue weighted by Crippen LogP contribution is 2.27. The topological polar surface area (TPSA) is 186 Å². The van der Waals surface area contributed by atoms with Crippen LogP contribution in [-0.2, 0) is 16.0 Å². The van der Waals surface area contributed by atoms with Gasteiger partial charge in [0.1, 0.15) is 11.9 Å². The summed E-state index contributed by atoms with van der Waals surface area (Å²) in [5, 5.41) is 36.1. The zero-order valence-corrected chi connectivity index (χ0v) is 17.6. The summed E-state index contributed by atoms with van der Waals surface area (Å²) >= 11 is 0. The Hall–Kier alpha value is -3.67. The molecule has 8 N–H and O–H groups in total. The van der Waals surface area contributed by atoms with E-state index >= 15 is 0 Å². The number of carbonyl (C=O) groups excluding carboxylic acids is 1. The maximum atomic E-state index is 13.4. The van der Waals surface area contributed by atoms with Crippen LogP contribution in [0.5, 0.6) is 0 Å². The maximum absolute atomic E-state index is 13.4. The van der Waals surface area contributed by atoms with Gasteiger partial charge in [0.25, 0.3) is 5.91 Å². The number of carboxylic acid groups (broad SMARTS) is 2. The first-order valence-corrected chi connectivity index (χ1v) is 10.4. The molecular weight excluding hydrogens is 437 g/mol. The Morgan fingerprint density at radius 2 is 1.91 bits per heavy atom. The van der Waals surface area contributed by atoms with Crippen LogP contribution in [0, 0.1) is 5.92 Å². The van der Waals surface area contributed by atoms with Gasteiger partial charge in [0.2, 0.25) is 0 Å². The summed E-state index contributed by atoms with van der Waals surface area (Å²) in [7, 11) is 0. The van der Waals surface area contributed by atoms with Crippen molar-refractivity contribution in [3.8, 4) is 0 Å². The minimum atomic E-state index is -2.40. The number of rotatable bonds is 9. The predicted octanol–water partition coefficient (Wildman–Crippen LogP) is -0.328. The van der Waals surface area contributed by atoms with Gasteiger partial charge < -0.3 is 37.0 Å². The van der Waals surface area contributed by atoms with E-state index in [4.69, 9.17) is 15.9 Å². The van der Waals surface area contributed by atoms with Crippen LogP contribution in [0.4, 0.5) is 4.39 Å². The first kappa shape index (κ1) is 24.0. The number of aliphatic hydroxyl groups excluding tert-OH is 1. The van der Waals surface area contributed by atoms with Crippen molar-refractivity contribution in [3.63, 3.8) is 0 Å². The van der Waals surface area contributed by atoms with Crippen molar-refractivity contribution in [2.75, 3.05) is 6.54 Å². The number of amides is 1. The van der Waals surface area contributed by atoms with Crippen LogP contribution in [0.3, 0.4) is 0 Å². The monoisotopic (exact) mass is 463 g/mol. The Morgan fingerprint density at radius 3 is 2.55 bits per heavy atom. The second-order valence-electron chi connectivity index (χ2n) is 8.01. The molecule has 1 aromatic rings. The fourth-order valence-electron chi connectivity index (χ4n) is 3.74. The van der Waals surface area contributed by atoms with Gasteiger partial charge in [0, 0.05) is 24.1 Å². The summed E-state index contributed by atoms with van der Waals surface area (Å²) in [4.78, 5) is 38.1. The van der Waals surface area contributed by atoms with E-state index in [1.807, 2.05) is 0 Å². The minimum absolute atomic E-state index is 0.164. The number of benzene rings is 1.